The molecule has 4 aromatic rings. The monoisotopic (exact) mass is 577 g/mol. The van der Waals surface area contributed by atoms with Gasteiger partial charge < -0.3 is 9.84 Å². The first-order valence-electron chi connectivity index (χ1n) is 12.5. The number of carboxylic acid groups (broad SMARTS) is 1. The van der Waals surface area contributed by atoms with Gasteiger partial charge in [0.1, 0.15) is 11.6 Å². The maximum atomic E-state index is 13.1. The molecule has 41 heavy (non-hydrogen) atoms. The van der Waals surface area contributed by atoms with E-state index in [-0.39, 0.29) is 5.82 Å². The molecule has 0 saturated heterocycles. The Morgan fingerprint density at radius 3 is 1.85 bits per heavy atom. The Labute approximate surface area is 231 Å². The van der Waals surface area contributed by atoms with Crippen LogP contribution in [0.2, 0.25) is 0 Å². The predicted molar refractivity (Wildman–Crippen MR) is 138 cm³/mol. The highest BCUT2D eigenvalue weighted by atomic mass is 19.4. The zero-order valence-electron chi connectivity index (χ0n) is 21.9. The van der Waals surface area contributed by atoms with Crippen molar-refractivity contribution in [2.75, 3.05) is 0 Å². The molecule has 0 spiro atoms. The molecule has 216 valence electrons. The minimum Gasteiger partial charge on any atom is -0.478 e. The molecule has 0 aliphatic heterocycles. The van der Waals surface area contributed by atoms with Gasteiger partial charge in [0.2, 0.25) is 0 Å². The number of aryl methyl sites for hydroxylation is 2. The number of hydrogen-bond donors (Lipinski definition) is 1. The lowest BCUT2D eigenvalue weighted by molar-refractivity contribution is -0.152. The van der Waals surface area contributed by atoms with E-state index in [2.05, 4.69) is 10.1 Å². The second-order valence-corrected chi connectivity index (χ2v) is 9.80. The van der Waals surface area contributed by atoms with Gasteiger partial charge in [-0.25, -0.2) is 14.5 Å². The SMILES string of the molecule is CC(C)(Oc1ccc(CCCc2nc(-c3ccc(C(F)(F)F)cc3)nn2-c2ccc(C(F)(F)F)cc2)cc1)C(=O)O. The Morgan fingerprint density at radius 2 is 1.34 bits per heavy atom. The molecule has 4 rings (SSSR count). The van der Waals surface area contributed by atoms with Gasteiger partial charge in [-0.2, -0.15) is 26.3 Å². The summed E-state index contributed by atoms with van der Waals surface area (Å²) < 4.78 is 85.0. The molecule has 12 heteroatoms. The number of aromatic nitrogens is 3. The van der Waals surface area contributed by atoms with Crippen molar-refractivity contribution < 1.29 is 41.0 Å². The summed E-state index contributed by atoms with van der Waals surface area (Å²) in [6.07, 6.45) is -7.52. The molecule has 1 aromatic heterocycles. The van der Waals surface area contributed by atoms with Crippen LogP contribution in [0, 0.1) is 0 Å². The highest BCUT2D eigenvalue weighted by Crippen LogP contribution is 2.32. The van der Waals surface area contributed by atoms with Crippen molar-refractivity contribution in [2.45, 2.75) is 51.1 Å². The van der Waals surface area contributed by atoms with E-state index in [1.54, 1.807) is 24.3 Å². The van der Waals surface area contributed by atoms with Gasteiger partial charge in [0, 0.05) is 12.0 Å². The first-order chi connectivity index (χ1) is 19.1. The van der Waals surface area contributed by atoms with Gasteiger partial charge in [-0.3, -0.25) is 0 Å². The summed E-state index contributed by atoms with van der Waals surface area (Å²) in [5.41, 5.74) is -1.48. The number of halogens is 6. The van der Waals surface area contributed by atoms with Crippen LogP contribution in [-0.4, -0.2) is 31.4 Å². The van der Waals surface area contributed by atoms with E-state index in [1.165, 1.54) is 42.8 Å². The summed E-state index contributed by atoms with van der Waals surface area (Å²) in [4.78, 5) is 15.8. The number of alkyl halides is 6. The summed E-state index contributed by atoms with van der Waals surface area (Å²) in [7, 11) is 0. The van der Waals surface area contributed by atoms with Crippen LogP contribution >= 0.6 is 0 Å². The summed E-state index contributed by atoms with van der Waals surface area (Å²) in [6, 6.07) is 15.6. The molecule has 0 bridgehead atoms. The average molecular weight is 578 g/mol. The molecule has 0 fully saturated rings. The molecule has 1 N–H and O–H groups in total. The fourth-order valence-corrected chi connectivity index (χ4v) is 3.95. The molecule has 0 aliphatic carbocycles. The first kappa shape index (κ1) is 29.6. The third kappa shape index (κ3) is 7.24. The lowest BCUT2D eigenvalue weighted by atomic mass is 10.1. The first-order valence-corrected chi connectivity index (χ1v) is 12.5. The second-order valence-electron chi connectivity index (χ2n) is 9.80. The summed E-state index contributed by atoms with van der Waals surface area (Å²) in [6.45, 7) is 2.88. The summed E-state index contributed by atoms with van der Waals surface area (Å²) in [5.74, 6) is -0.155. The fraction of sp³-hybridized carbons (Fsp3) is 0.276. The Morgan fingerprint density at radius 1 is 0.805 bits per heavy atom. The van der Waals surface area contributed by atoms with Crippen molar-refractivity contribution in [3.8, 4) is 22.8 Å². The zero-order chi connectivity index (χ0) is 30.0. The molecule has 0 atom stereocenters. The van der Waals surface area contributed by atoms with Crippen LogP contribution < -0.4 is 4.74 Å². The zero-order valence-corrected chi connectivity index (χ0v) is 21.9. The molecule has 0 saturated carbocycles. The topological polar surface area (TPSA) is 77.2 Å². The van der Waals surface area contributed by atoms with E-state index in [9.17, 15) is 36.2 Å². The largest absolute Gasteiger partial charge is 0.478 e. The predicted octanol–water partition coefficient (Wildman–Crippen LogP) is 7.39. The number of hydrogen-bond acceptors (Lipinski definition) is 4. The molecule has 0 amide bonds. The number of nitrogens with zero attached hydrogens (tertiary/aromatic N) is 3. The normalized spacial score (nSPS) is 12.4. The van der Waals surface area contributed by atoms with Crippen LogP contribution in [0.5, 0.6) is 5.75 Å². The smallest absolute Gasteiger partial charge is 0.416 e. The van der Waals surface area contributed by atoms with Crippen molar-refractivity contribution in [3.05, 3.63) is 95.3 Å². The number of rotatable bonds is 9. The van der Waals surface area contributed by atoms with Crippen molar-refractivity contribution in [1.29, 1.82) is 0 Å². The van der Waals surface area contributed by atoms with Crippen molar-refractivity contribution in [3.63, 3.8) is 0 Å². The third-order valence-electron chi connectivity index (χ3n) is 6.26. The maximum Gasteiger partial charge on any atom is 0.416 e. The van der Waals surface area contributed by atoms with E-state index in [0.717, 1.165) is 29.8 Å². The summed E-state index contributed by atoms with van der Waals surface area (Å²) >= 11 is 0. The van der Waals surface area contributed by atoms with Gasteiger partial charge in [-0.15, -0.1) is 5.10 Å². The molecule has 0 radical (unpaired) electrons. The van der Waals surface area contributed by atoms with E-state index >= 15 is 0 Å². The molecular weight excluding hydrogens is 552 g/mol. The quantitative estimate of drug-likeness (QED) is 0.210. The molecule has 0 unspecified atom stereocenters. The Kier molecular flexibility index (Phi) is 8.14. The summed E-state index contributed by atoms with van der Waals surface area (Å²) in [5, 5.41) is 13.6. The maximum absolute atomic E-state index is 13.1. The van der Waals surface area contributed by atoms with Crippen LogP contribution in [0.15, 0.2) is 72.8 Å². The highest BCUT2D eigenvalue weighted by molar-refractivity contribution is 5.76. The fourth-order valence-electron chi connectivity index (χ4n) is 3.95. The van der Waals surface area contributed by atoms with Gasteiger partial charge >= 0.3 is 18.3 Å². The molecular formula is C29H25F6N3O3. The molecule has 0 aliphatic rings. The number of benzene rings is 3. The number of aliphatic carboxylic acids is 1. The Balaban J connectivity index is 1.55. The van der Waals surface area contributed by atoms with Crippen molar-refractivity contribution in [1.82, 2.24) is 14.8 Å². The van der Waals surface area contributed by atoms with E-state index in [1.807, 2.05) is 0 Å². The minimum atomic E-state index is -4.51. The number of ether oxygens (including phenoxy) is 1. The molecule has 3 aromatic carbocycles. The van der Waals surface area contributed by atoms with E-state index in [0.29, 0.717) is 42.1 Å². The van der Waals surface area contributed by atoms with Crippen LogP contribution in [0.25, 0.3) is 17.1 Å². The number of carbonyl (C=O) groups is 1. The Bertz CT molecular complexity index is 1490. The van der Waals surface area contributed by atoms with Crippen LogP contribution in [0.3, 0.4) is 0 Å². The molecule has 1 heterocycles. The highest BCUT2D eigenvalue weighted by Gasteiger charge is 2.31. The molecule has 6 nitrogen and oxygen atoms in total. The van der Waals surface area contributed by atoms with Crippen LogP contribution in [0.4, 0.5) is 26.3 Å². The lowest BCUT2D eigenvalue weighted by Crippen LogP contribution is -2.37. The van der Waals surface area contributed by atoms with Crippen molar-refractivity contribution in [2.24, 2.45) is 0 Å². The van der Waals surface area contributed by atoms with E-state index in [4.69, 9.17) is 4.74 Å². The second kappa shape index (κ2) is 11.3. The lowest BCUT2D eigenvalue weighted by Gasteiger charge is -2.21. The van der Waals surface area contributed by atoms with Gasteiger partial charge in [0.05, 0.1) is 16.8 Å². The third-order valence-corrected chi connectivity index (χ3v) is 6.26. The van der Waals surface area contributed by atoms with E-state index < -0.39 is 35.0 Å². The van der Waals surface area contributed by atoms with Crippen LogP contribution in [-0.2, 0) is 30.0 Å². The van der Waals surface area contributed by atoms with Gasteiger partial charge in [0.15, 0.2) is 11.4 Å². The van der Waals surface area contributed by atoms with Crippen LogP contribution in [0.1, 0.15) is 42.8 Å². The van der Waals surface area contributed by atoms with Gasteiger partial charge in [-0.1, -0.05) is 24.3 Å². The number of carboxylic acids is 1. The minimum absolute atomic E-state index is 0.135. The van der Waals surface area contributed by atoms with Gasteiger partial charge in [-0.05, 0) is 80.8 Å². The standard InChI is InChI=1S/C29H25F6N3O3/c1-27(2,26(39)40)41-23-16-6-18(7-17-23)4-3-5-24-36-25(19-8-10-20(11-9-19)28(30,31)32)37-38(24)22-14-12-21(13-15-22)29(33,34)35/h6-17H,3-5H2,1-2H3,(H,39,40). The Hall–Kier alpha value is -4.35. The average Bonchev–Trinajstić information content (AvgIpc) is 3.33. The van der Waals surface area contributed by atoms with Crippen molar-refractivity contribution >= 4 is 5.97 Å². The van der Waals surface area contributed by atoms with Gasteiger partial charge in [0.25, 0.3) is 0 Å².